The van der Waals surface area contributed by atoms with Gasteiger partial charge in [0.1, 0.15) is 5.75 Å². The van der Waals surface area contributed by atoms with Crippen molar-refractivity contribution < 1.29 is 9.53 Å². The van der Waals surface area contributed by atoms with E-state index in [9.17, 15) is 4.79 Å². The summed E-state index contributed by atoms with van der Waals surface area (Å²) in [6.45, 7) is 5.26. The number of benzene rings is 2. The molecule has 0 saturated carbocycles. The molecule has 1 heterocycles. The van der Waals surface area contributed by atoms with Crippen molar-refractivity contribution in [3.05, 3.63) is 65.7 Å². The Labute approximate surface area is 156 Å². The van der Waals surface area contributed by atoms with E-state index in [1.54, 1.807) is 6.07 Å². The molecule has 0 bridgehead atoms. The van der Waals surface area contributed by atoms with Crippen LogP contribution in [0.25, 0.3) is 0 Å². The number of rotatable bonds is 7. The van der Waals surface area contributed by atoms with Crippen LogP contribution >= 0.6 is 0 Å². The molecule has 1 amide bonds. The summed E-state index contributed by atoms with van der Waals surface area (Å²) >= 11 is 0. The Balaban J connectivity index is 1.58. The predicted octanol–water partition coefficient (Wildman–Crippen LogP) is 3.87. The van der Waals surface area contributed by atoms with Crippen molar-refractivity contribution in [1.29, 1.82) is 0 Å². The Hall–Kier alpha value is -2.33. The Morgan fingerprint density at radius 1 is 1.15 bits per heavy atom. The van der Waals surface area contributed by atoms with E-state index in [2.05, 4.69) is 34.5 Å². The lowest BCUT2D eigenvalue weighted by molar-refractivity contribution is 0.0907. The van der Waals surface area contributed by atoms with Crippen LogP contribution in [0.3, 0.4) is 0 Å². The molecular formula is C22H28N2O2. The molecular weight excluding hydrogens is 324 g/mol. The van der Waals surface area contributed by atoms with Crippen LogP contribution < -0.4 is 10.1 Å². The lowest BCUT2D eigenvalue weighted by Crippen LogP contribution is -2.46. The van der Waals surface area contributed by atoms with E-state index < -0.39 is 0 Å². The second kappa shape index (κ2) is 9.39. The zero-order valence-electron chi connectivity index (χ0n) is 15.5. The molecule has 2 aromatic carbocycles. The van der Waals surface area contributed by atoms with Crippen LogP contribution in [0.15, 0.2) is 54.6 Å². The largest absolute Gasteiger partial charge is 0.494 e. The highest BCUT2D eigenvalue weighted by molar-refractivity contribution is 5.94. The van der Waals surface area contributed by atoms with Crippen molar-refractivity contribution in [2.24, 2.45) is 0 Å². The summed E-state index contributed by atoms with van der Waals surface area (Å²) in [6, 6.07) is 18.3. The molecule has 1 atom stereocenters. The van der Waals surface area contributed by atoms with Gasteiger partial charge in [-0.1, -0.05) is 42.8 Å². The average Bonchev–Trinajstić information content (AvgIpc) is 2.68. The maximum atomic E-state index is 12.5. The monoisotopic (exact) mass is 352 g/mol. The first-order valence-electron chi connectivity index (χ1n) is 9.55. The molecule has 0 spiro atoms. The Morgan fingerprint density at radius 3 is 2.81 bits per heavy atom. The van der Waals surface area contributed by atoms with Crippen LogP contribution in [-0.2, 0) is 6.54 Å². The van der Waals surface area contributed by atoms with E-state index in [0.29, 0.717) is 24.8 Å². The number of likely N-dealkylation sites (tertiary alicyclic amines) is 1. The molecule has 4 nitrogen and oxygen atoms in total. The van der Waals surface area contributed by atoms with E-state index >= 15 is 0 Å². The summed E-state index contributed by atoms with van der Waals surface area (Å²) in [5, 5.41) is 3.12. The SMILES string of the molecule is CCOc1cccc(C(=O)NCC2CCCCN2Cc2ccccc2)c1. The fourth-order valence-electron chi connectivity index (χ4n) is 3.52. The fraction of sp³-hybridized carbons (Fsp3) is 0.409. The number of nitrogens with one attached hydrogen (secondary N) is 1. The Kier molecular flexibility index (Phi) is 6.67. The van der Waals surface area contributed by atoms with E-state index in [4.69, 9.17) is 4.74 Å². The number of carbonyl (C=O) groups excluding carboxylic acids is 1. The fourth-order valence-corrected chi connectivity index (χ4v) is 3.52. The van der Waals surface area contributed by atoms with Gasteiger partial charge in [-0.05, 0) is 50.1 Å². The van der Waals surface area contributed by atoms with Crippen molar-refractivity contribution in [2.75, 3.05) is 19.7 Å². The normalized spacial score (nSPS) is 17.7. The van der Waals surface area contributed by atoms with Crippen LogP contribution in [0.4, 0.5) is 0 Å². The van der Waals surface area contributed by atoms with Crippen LogP contribution in [0, 0.1) is 0 Å². The number of nitrogens with zero attached hydrogens (tertiary/aromatic N) is 1. The smallest absolute Gasteiger partial charge is 0.251 e. The van der Waals surface area contributed by atoms with Gasteiger partial charge < -0.3 is 10.1 Å². The van der Waals surface area contributed by atoms with E-state index in [1.807, 2.05) is 31.2 Å². The van der Waals surface area contributed by atoms with Crippen molar-refractivity contribution in [1.82, 2.24) is 10.2 Å². The molecule has 1 aliphatic rings. The molecule has 1 fully saturated rings. The van der Waals surface area contributed by atoms with E-state index in [0.717, 1.165) is 25.3 Å². The van der Waals surface area contributed by atoms with Gasteiger partial charge in [0.25, 0.3) is 5.91 Å². The van der Waals surface area contributed by atoms with Crippen LogP contribution in [0.1, 0.15) is 42.1 Å². The van der Waals surface area contributed by atoms with Gasteiger partial charge in [-0.2, -0.15) is 0 Å². The van der Waals surface area contributed by atoms with Gasteiger partial charge in [-0.15, -0.1) is 0 Å². The zero-order valence-corrected chi connectivity index (χ0v) is 15.5. The van der Waals surface area contributed by atoms with Gasteiger partial charge in [0, 0.05) is 24.7 Å². The molecule has 1 aliphatic heterocycles. The minimum Gasteiger partial charge on any atom is -0.494 e. The zero-order chi connectivity index (χ0) is 18.2. The molecule has 0 aromatic heterocycles. The van der Waals surface area contributed by atoms with Gasteiger partial charge >= 0.3 is 0 Å². The maximum absolute atomic E-state index is 12.5. The summed E-state index contributed by atoms with van der Waals surface area (Å²) in [7, 11) is 0. The summed E-state index contributed by atoms with van der Waals surface area (Å²) < 4.78 is 5.49. The van der Waals surface area contributed by atoms with Gasteiger partial charge in [0.15, 0.2) is 0 Å². The molecule has 3 rings (SSSR count). The molecule has 26 heavy (non-hydrogen) atoms. The van der Waals surface area contributed by atoms with Gasteiger partial charge in [0.05, 0.1) is 6.61 Å². The third-order valence-corrected chi connectivity index (χ3v) is 4.88. The van der Waals surface area contributed by atoms with Crippen molar-refractivity contribution in [2.45, 2.75) is 38.8 Å². The van der Waals surface area contributed by atoms with Crippen molar-refractivity contribution >= 4 is 5.91 Å². The first-order chi connectivity index (χ1) is 12.8. The maximum Gasteiger partial charge on any atom is 0.251 e. The summed E-state index contributed by atoms with van der Waals surface area (Å²) in [5.41, 5.74) is 1.98. The minimum atomic E-state index is -0.0308. The first kappa shape index (κ1) is 18.5. The lowest BCUT2D eigenvalue weighted by Gasteiger charge is -2.36. The van der Waals surface area contributed by atoms with Gasteiger partial charge in [0.2, 0.25) is 0 Å². The number of ether oxygens (including phenoxy) is 1. The number of hydrogen-bond acceptors (Lipinski definition) is 3. The van der Waals surface area contributed by atoms with Crippen molar-refractivity contribution in [3.8, 4) is 5.75 Å². The molecule has 1 saturated heterocycles. The predicted molar refractivity (Wildman–Crippen MR) is 104 cm³/mol. The van der Waals surface area contributed by atoms with Crippen molar-refractivity contribution in [3.63, 3.8) is 0 Å². The second-order valence-corrected chi connectivity index (χ2v) is 6.78. The third kappa shape index (κ3) is 5.09. The molecule has 1 N–H and O–H groups in total. The van der Waals surface area contributed by atoms with Crippen LogP contribution in [0.5, 0.6) is 5.75 Å². The highest BCUT2D eigenvalue weighted by Crippen LogP contribution is 2.19. The Bertz CT molecular complexity index is 702. The number of carbonyl (C=O) groups is 1. The quantitative estimate of drug-likeness (QED) is 0.822. The standard InChI is InChI=1S/C22H28N2O2/c1-2-26-21-13-8-11-19(15-21)22(25)23-16-20-12-6-7-14-24(20)17-18-9-4-3-5-10-18/h3-5,8-11,13,15,20H,2,6-7,12,14,16-17H2,1H3,(H,23,25). The molecule has 138 valence electrons. The average molecular weight is 352 g/mol. The molecule has 1 unspecified atom stereocenters. The van der Waals surface area contributed by atoms with Gasteiger partial charge in [-0.25, -0.2) is 0 Å². The third-order valence-electron chi connectivity index (χ3n) is 4.88. The Morgan fingerprint density at radius 2 is 2.00 bits per heavy atom. The molecule has 2 aromatic rings. The lowest BCUT2D eigenvalue weighted by atomic mass is 10.0. The minimum absolute atomic E-state index is 0.0308. The highest BCUT2D eigenvalue weighted by Gasteiger charge is 2.23. The molecule has 4 heteroatoms. The number of amides is 1. The number of hydrogen-bond donors (Lipinski definition) is 1. The number of piperidine rings is 1. The van der Waals surface area contributed by atoms with Crippen LogP contribution in [0.2, 0.25) is 0 Å². The van der Waals surface area contributed by atoms with E-state index in [1.165, 1.54) is 18.4 Å². The summed E-state index contributed by atoms with van der Waals surface area (Å²) in [5.74, 6) is 0.709. The topological polar surface area (TPSA) is 41.6 Å². The summed E-state index contributed by atoms with van der Waals surface area (Å²) in [4.78, 5) is 15.0. The first-order valence-corrected chi connectivity index (χ1v) is 9.55. The van der Waals surface area contributed by atoms with Gasteiger partial charge in [-0.3, -0.25) is 9.69 Å². The van der Waals surface area contributed by atoms with Crippen LogP contribution in [-0.4, -0.2) is 36.5 Å². The summed E-state index contributed by atoms with van der Waals surface area (Å²) in [6.07, 6.45) is 3.59. The molecule has 0 aliphatic carbocycles. The van der Waals surface area contributed by atoms with E-state index in [-0.39, 0.29) is 5.91 Å². The highest BCUT2D eigenvalue weighted by atomic mass is 16.5. The molecule has 0 radical (unpaired) electrons. The second-order valence-electron chi connectivity index (χ2n) is 6.78.